The first kappa shape index (κ1) is 14.0. The number of carbonyl (C=O) groups is 1. The molecule has 1 fully saturated rings. The molecule has 118 valence electrons. The second-order valence-electron chi connectivity index (χ2n) is 5.92. The Morgan fingerprint density at radius 3 is 2.74 bits per heavy atom. The van der Waals surface area contributed by atoms with E-state index in [1.807, 2.05) is 31.2 Å². The van der Waals surface area contributed by atoms with Crippen LogP contribution in [0.25, 0.3) is 22.6 Å². The van der Waals surface area contributed by atoms with Gasteiger partial charge >= 0.3 is 11.8 Å². The summed E-state index contributed by atoms with van der Waals surface area (Å²) in [6.07, 6.45) is 4.32. The van der Waals surface area contributed by atoms with Crippen LogP contribution in [0.5, 0.6) is 0 Å². The highest BCUT2D eigenvalue weighted by Gasteiger charge is 2.24. The van der Waals surface area contributed by atoms with Crippen LogP contribution in [0.1, 0.15) is 41.9 Å². The third-order valence-electron chi connectivity index (χ3n) is 4.35. The topological polar surface area (TPSA) is 81.2 Å². The van der Waals surface area contributed by atoms with Gasteiger partial charge in [-0.3, -0.25) is 4.79 Å². The van der Waals surface area contributed by atoms with Crippen molar-refractivity contribution in [1.29, 1.82) is 0 Å². The van der Waals surface area contributed by atoms with E-state index in [0.717, 1.165) is 42.2 Å². The quantitative estimate of drug-likeness (QED) is 0.801. The van der Waals surface area contributed by atoms with Crippen LogP contribution in [-0.4, -0.2) is 22.1 Å². The Bertz CT molecular complexity index is 859. The fourth-order valence-corrected chi connectivity index (χ4v) is 3.10. The number of benzene rings is 1. The van der Waals surface area contributed by atoms with Crippen molar-refractivity contribution in [2.75, 3.05) is 0 Å². The Morgan fingerprint density at radius 2 is 1.96 bits per heavy atom. The van der Waals surface area contributed by atoms with Gasteiger partial charge < -0.3 is 14.2 Å². The maximum absolute atomic E-state index is 12.2. The number of aromatic nitrogens is 2. The molecule has 1 aromatic carbocycles. The molecule has 2 aromatic heterocycles. The average molecular weight is 311 g/mol. The first-order chi connectivity index (χ1) is 11.2. The summed E-state index contributed by atoms with van der Waals surface area (Å²) in [4.78, 5) is 12.2. The second-order valence-corrected chi connectivity index (χ2v) is 5.92. The monoisotopic (exact) mass is 311 g/mol. The van der Waals surface area contributed by atoms with Crippen LogP contribution >= 0.6 is 0 Å². The van der Waals surface area contributed by atoms with Gasteiger partial charge in [-0.05, 0) is 25.8 Å². The van der Waals surface area contributed by atoms with Crippen LogP contribution < -0.4 is 5.32 Å². The summed E-state index contributed by atoms with van der Waals surface area (Å²) in [5, 5.41) is 11.8. The van der Waals surface area contributed by atoms with Crippen LogP contribution in [0.15, 0.2) is 33.1 Å². The summed E-state index contributed by atoms with van der Waals surface area (Å²) >= 11 is 0. The molecule has 3 aromatic rings. The number of hydrogen-bond donors (Lipinski definition) is 1. The van der Waals surface area contributed by atoms with Crippen LogP contribution in [0, 0.1) is 6.92 Å². The maximum Gasteiger partial charge on any atom is 0.309 e. The molecule has 0 spiro atoms. The smallest absolute Gasteiger partial charge is 0.309 e. The number of nitrogens with one attached hydrogen (secondary N) is 1. The molecule has 1 saturated carbocycles. The lowest BCUT2D eigenvalue weighted by atomic mass is 10.1. The van der Waals surface area contributed by atoms with Gasteiger partial charge in [0.2, 0.25) is 0 Å². The predicted molar refractivity (Wildman–Crippen MR) is 84.0 cm³/mol. The zero-order valence-electron chi connectivity index (χ0n) is 12.8. The van der Waals surface area contributed by atoms with Gasteiger partial charge in [-0.1, -0.05) is 31.0 Å². The molecule has 4 rings (SSSR count). The van der Waals surface area contributed by atoms with E-state index in [-0.39, 0.29) is 23.7 Å². The number of amides is 1. The largest absolute Gasteiger partial charge is 0.451 e. The molecule has 23 heavy (non-hydrogen) atoms. The number of rotatable bonds is 3. The lowest BCUT2D eigenvalue weighted by molar-refractivity contribution is 0.0903. The van der Waals surface area contributed by atoms with E-state index in [4.69, 9.17) is 8.83 Å². The molecule has 0 atom stereocenters. The number of para-hydroxylation sites is 1. The standard InChI is InChI=1S/C17H17N3O3/c1-10-12-8-4-5-9-13(12)22-14(10)16-19-20-17(23-16)15(21)18-11-6-2-3-7-11/h4-5,8-9,11H,2-3,6-7H2,1H3,(H,18,21). The molecule has 0 unspecified atom stereocenters. The Balaban J connectivity index is 1.61. The molecule has 0 saturated heterocycles. The highest BCUT2D eigenvalue weighted by Crippen LogP contribution is 2.32. The van der Waals surface area contributed by atoms with Crippen molar-refractivity contribution >= 4 is 16.9 Å². The normalized spacial score (nSPS) is 15.3. The summed E-state index contributed by atoms with van der Waals surface area (Å²) in [7, 11) is 0. The molecule has 1 aliphatic rings. The van der Waals surface area contributed by atoms with E-state index >= 15 is 0 Å². The average Bonchev–Trinajstić information content (AvgIpc) is 3.28. The molecule has 0 bridgehead atoms. The number of fused-ring (bicyclic) bond motifs is 1. The molecule has 6 heteroatoms. The van der Waals surface area contributed by atoms with Crippen molar-refractivity contribution in [2.45, 2.75) is 38.6 Å². The minimum absolute atomic E-state index is 0.0215. The number of aryl methyl sites for hydroxylation is 1. The molecular weight excluding hydrogens is 294 g/mol. The van der Waals surface area contributed by atoms with Crippen LogP contribution in [0.2, 0.25) is 0 Å². The number of carbonyl (C=O) groups excluding carboxylic acids is 1. The predicted octanol–water partition coefficient (Wildman–Crippen LogP) is 3.46. The van der Waals surface area contributed by atoms with Gasteiger partial charge in [-0.25, -0.2) is 0 Å². The summed E-state index contributed by atoms with van der Waals surface area (Å²) in [6, 6.07) is 7.93. The van der Waals surface area contributed by atoms with Crippen molar-refractivity contribution in [3.63, 3.8) is 0 Å². The third kappa shape index (κ3) is 2.50. The van der Waals surface area contributed by atoms with E-state index in [1.54, 1.807) is 0 Å². The van der Waals surface area contributed by atoms with E-state index in [1.165, 1.54) is 0 Å². The van der Waals surface area contributed by atoms with Gasteiger partial charge in [0.05, 0.1) is 0 Å². The Hall–Kier alpha value is -2.63. The molecular formula is C17H17N3O3. The maximum atomic E-state index is 12.2. The van der Waals surface area contributed by atoms with Crippen LogP contribution in [-0.2, 0) is 0 Å². The van der Waals surface area contributed by atoms with Crippen LogP contribution in [0.3, 0.4) is 0 Å². The lowest BCUT2D eigenvalue weighted by Gasteiger charge is -2.08. The second kappa shape index (κ2) is 5.53. The molecule has 6 nitrogen and oxygen atoms in total. The van der Waals surface area contributed by atoms with Crippen molar-refractivity contribution in [1.82, 2.24) is 15.5 Å². The first-order valence-corrected chi connectivity index (χ1v) is 7.85. The van der Waals surface area contributed by atoms with E-state index in [2.05, 4.69) is 15.5 Å². The minimum Gasteiger partial charge on any atom is -0.451 e. The summed E-state index contributed by atoms with van der Waals surface area (Å²) in [5.41, 5.74) is 1.68. The highest BCUT2D eigenvalue weighted by molar-refractivity contribution is 5.90. The first-order valence-electron chi connectivity index (χ1n) is 7.85. The van der Waals surface area contributed by atoms with Crippen molar-refractivity contribution in [3.05, 3.63) is 35.7 Å². The van der Waals surface area contributed by atoms with Crippen molar-refractivity contribution in [3.8, 4) is 11.7 Å². The number of hydrogen-bond acceptors (Lipinski definition) is 5. The zero-order valence-corrected chi connectivity index (χ0v) is 12.8. The minimum atomic E-state index is -0.315. The molecule has 1 N–H and O–H groups in total. The molecule has 1 amide bonds. The fraction of sp³-hybridized carbons (Fsp3) is 0.353. The van der Waals surface area contributed by atoms with Gasteiger partial charge in [0.15, 0.2) is 5.76 Å². The highest BCUT2D eigenvalue weighted by atomic mass is 16.4. The molecule has 0 aliphatic heterocycles. The molecule has 2 heterocycles. The van der Waals surface area contributed by atoms with E-state index in [0.29, 0.717) is 5.76 Å². The Morgan fingerprint density at radius 1 is 1.17 bits per heavy atom. The van der Waals surface area contributed by atoms with Gasteiger partial charge in [0.25, 0.3) is 5.89 Å². The van der Waals surface area contributed by atoms with E-state index in [9.17, 15) is 4.79 Å². The number of furan rings is 1. The van der Waals surface area contributed by atoms with Gasteiger partial charge in [-0.15, -0.1) is 10.2 Å². The lowest BCUT2D eigenvalue weighted by Crippen LogP contribution is -2.32. The van der Waals surface area contributed by atoms with Crippen LogP contribution in [0.4, 0.5) is 0 Å². The Labute approximate surface area is 132 Å². The van der Waals surface area contributed by atoms with Crippen molar-refractivity contribution < 1.29 is 13.6 Å². The third-order valence-corrected chi connectivity index (χ3v) is 4.35. The number of nitrogens with zero attached hydrogens (tertiary/aromatic N) is 2. The Kier molecular flexibility index (Phi) is 3.37. The van der Waals surface area contributed by atoms with E-state index < -0.39 is 0 Å². The SMILES string of the molecule is Cc1c(-c2nnc(C(=O)NC3CCCC3)o2)oc2ccccc12. The van der Waals surface area contributed by atoms with Gasteiger partial charge in [0.1, 0.15) is 5.58 Å². The van der Waals surface area contributed by atoms with Crippen molar-refractivity contribution in [2.24, 2.45) is 0 Å². The van der Waals surface area contributed by atoms with Gasteiger partial charge in [-0.2, -0.15) is 0 Å². The summed E-state index contributed by atoms with van der Waals surface area (Å²) < 4.78 is 11.3. The summed E-state index contributed by atoms with van der Waals surface area (Å²) in [6.45, 7) is 1.93. The molecule has 0 radical (unpaired) electrons. The van der Waals surface area contributed by atoms with Gasteiger partial charge in [0, 0.05) is 17.0 Å². The fourth-order valence-electron chi connectivity index (χ4n) is 3.10. The zero-order chi connectivity index (χ0) is 15.8. The molecule has 1 aliphatic carbocycles. The summed E-state index contributed by atoms with van der Waals surface area (Å²) in [5.74, 6) is 0.407.